The predicted octanol–water partition coefficient (Wildman–Crippen LogP) is 2.86. The molecule has 0 saturated carbocycles. The van der Waals surface area contributed by atoms with E-state index in [0.717, 1.165) is 24.3 Å². The fourth-order valence-corrected chi connectivity index (χ4v) is 3.41. The Kier molecular flexibility index (Phi) is 3.38. The van der Waals surface area contributed by atoms with Gasteiger partial charge >= 0.3 is 5.97 Å². The highest BCUT2D eigenvalue weighted by Crippen LogP contribution is 2.41. The number of carboxylic acids is 1. The first-order valence-electron chi connectivity index (χ1n) is 5.35. The molecule has 0 radical (unpaired) electrons. The molecule has 1 N–H and O–H groups in total. The van der Waals surface area contributed by atoms with E-state index in [1.165, 1.54) is 17.8 Å². The van der Waals surface area contributed by atoms with Crippen LogP contribution in [-0.2, 0) is 11.2 Å². The van der Waals surface area contributed by atoms with E-state index in [1.807, 2.05) is 0 Å². The van der Waals surface area contributed by atoms with Gasteiger partial charge in [-0.25, -0.2) is 8.78 Å². The average molecular weight is 258 g/mol. The molecule has 0 aliphatic carbocycles. The fourth-order valence-electron chi connectivity index (χ4n) is 2.07. The highest BCUT2D eigenvalue weighted by atomic mass is 32.2. The van der Waals surface area contributed by atoms with Crippen LogP contribution in [0.3, 0.4) is 0 Å². The minimum absolute atomic E-state index is 0.0918. The van der Waals surface area contributed by atoms with Gasteiger partial charge in [0.05, 0.1) is 0 Å². The zero-order valence-electron chi connectivity index (χ0n) is 9.08. The molecule has 1 atom stereocenters. The SMILES string of the molecule is O=C(O)C1(Cc2c(F)cccc2F)CCCS1. The number of halogens is 2. The Bertz CT molecular complexity index is 422. The van der Waals surface area contributed by atoms with Gasteiger partial charge in [0.2, 0.25) is 0 Å². The second-order valence-corrected chi connectivity index (χ2v) is 5.61. The summed E-state index contributed by atoms with van der Waals surface area (Å²) in [5.41, 5.74) is -0.121. The minimum atomic E-state index is -1.07. The topological polar surface area (TPSA) is 37.3 Å². The van der Waals surface area contributed by atoms with E-state index in [-0.39, 0.29) is 12.0 Å². The van der Waals surface area contributed by atoms with E-state index >= 15 is 0 Å². The van der Waals surface area contributed by atoms with Crippen molar-refractivity contribution in [2.24, 2.45) is 0 Å². The third-order valence-corrected chi connectivity index (χ3v) is 4.59. The Hall–Kier alpha value is -1.10. The molecule has 0 aromatic heterocycles. The summed E-state index contributed by atoms with van der Waals surface area (Å²) in [6.07, 6.45) is 1.14. The average Bonchev–Trinajstić information content (AvgIpc) is 2.73. The zero-order valence-corrected chi connectivity index (χ0v) is 9.90. The van der Waals surface area contributed by atoms with Gasteiger partial charge in [-0.3, -0.25) is 4.79 Å². The van der Waals surface area contributed by atoms with Gasteiger partial charge in [0.25, 0.3) is 0 Å². The molecular formula is C12H12F2O2S. The normalized spacial score (nSPS) is 23.9. The summed E-state index contributed by atoms with van der Waals surface area (Å²) in [5, 5.41) is 9.24. The minimum Gasteiger partial charge on any atom is -0.480 e. The van der Waals surface area contributed by atoms with Crippen molar-refractivity contribution in [3.05, 3.63) is 35.4 Å². The van der Waals surface area contributed by atoms with Crippen molar-refractivity contribution in [1.29, 1.82) is 0 Å². The number of benzene rings is 1. The van der Waals surface area contributed by atoms with Crippen LogP contribution in [-0.4, -0.2) is 21.6 Å². The van der Waals surface area contributed by atoms with Gasteiger partial charge in [-0.05, 0) is 30.7 Å². The number of hydrogen-bond acceptors (Lipinski definition) is 2. The second-order valence-electron chi connectivity index (χ2n) is 4.13. The maximum absolute atomic E-state index is 13.5. The molecule has 1 heterocycles. The lowest BCUT2D eigenvalue weighted by atomic mass is 9.94. The third kappa shape index (κ3) is 2.29. The van der Waals surface area contributed by atoms with Crippen molar-refractivity contribution in [1.82, 2.24) is 0 Å². The van der Waals surface area contributed by atoms with Gasteiger partial charge in [-0.1, -0.05) is 6.07 Å². The van der Waals surface area contributed by atoms with E-state index in [9.17, 15) is 18.7 Å². The maximum atomic E-state index is 13.5. The summed E-state index contributed by atoms with van der Waals surface area (Å²) in [7, 11) is 0. The Morgan fingerprint density at radius 3 is 2.53 bits per heavy atom. The van der Waals surface area contributed by atoms with Gasteiger partial charge in [0.15, 0.2) is 0 Å². The molecule has 5 heteroatoms. The maximum Gasteiger partial charge on any atom is 0.320 e. The first kappa shape index (κ1) is 12.4. The van der Waals surface area contributed by atoms with E-state index in [0.29, 0.717) is 6.42 Å². The number of hydrogen-bond donors (Lipinski definition) is 1. The van der Waals surface area contributed by atoms with Crippen LogP contribution in [0.4, 0.5) is 8.78 Å². The summed E-state index contributed by atoms with van der Waals surface area (Å²) >= 11 is 1.28. The molecule has 0 bridgehead atoms. The van der Waals surface area contributed by atoms with Crippen LogP contribution in [0.2, 0.25) is 0 Å². The van der Waals surface area contributed by atoms with Gasteiger partial charge in [0, 0.05) is 12.0 Å². The molecule has 92 valence electrons. The van der Waals surface area contributed by atoms with E-state index < -0.39 is 22.4 Å². The molecule has 17 heavy (non-hydrogen) atoms. The van der Waals surface area contributed by atoms with E-state index in [4.69, 9.17) is 0 Å². The smallest absolute Gasteiger partial charge is 0.320 e. The number of thioether (sulfide) groups is 1. The number of carbonyl (C=O) groups is 1. The van der Waals surface area contributed by atoms with Gasteiger partial charge in [-0.2, -0.15) is 0 Å². The van der Waals surface area contributed by atoms with Crippen LogP contribution < -0.4 is 0 Å². The van der Waals surface area contributed by atoms with Crippen molar-refractivity contribution < 1.29 is 18.7 Å². The quantitative estimate of drug-likeness (QED) is 0.905. The van der Waals surface area contributed by atoms with E-state index in [2.05, 4.69) is 0 Å². The van der Waals surface area contributed by atoms with Crippen LogP contribution in [0.5, 0.6) is 0 Å². The van der Waals surface area contributed by atoms with Gasteiger partial charge in [0.1, 0.15) is 16.4 Å². The summed E-state index contributed by atoms with van der Waals surface area (Å²) in [6, 6.07) is 3.60. The number of carboxylic acid groups (broad SMARTS) is 1. The molecule has 1 aliphatic heterocycles. The molecular weight excluding hydrogens is 246 g/mol. The molecule has 1 fully saturated rings. The van der Waals surface area contributed by atoms with Crippen LogP contribution in [0.1, 0.15) is 18.4 Å². The predicted molar refractivity (Wildman–Crippen MR) is 62.1 cm³/mol. The van der Waals surface area contributed by atoms with Crippen LogP contribution >= 0.6 is 11.8 Å². The highest BCUT2D eigenvalue weighted by molar-refractivity contribution is 8.01. The summed E-state index contributed by atoms with van der Waals surface area (Å²) < 4.78 is 25.9. The standard InChI is InChI=1S/C12H12F2O2S/c13-9-3-1-4-10(14)8(9)7-12(11(15)16)5-2-6-17-12/h1,3-4H,2,5-7H2,(H,15,16). The Labute approximate surface area is 102 Å². The van der Waals surface area contributed by atoms with Crippen LogP contribution in [0.15, 0.2) is 18.2 Å². The number of aliphatic carboxylic acids is 1. The second kappa shape index (κ2) is 4.64. The third-order valence-electron chi connectivity index (χ3n) is 3.02. The first-order valence-corrected chi connectivity index (χ1v) is 6.34. The van der Waals surface area contributed by atoms with Crippen molar-refractivity contribution in [2.75, 3.05) is 5.75 Å². The van der Waals surface area contributed by atoms with Gasteiger partial charge < -0.3 is 5.11 Å². The highest BCUT2D eigenvalue weighted by Gasteiger charge is 2.43. The fraction of sp³-hybridized carbons (Fsp3) is 0.417. The summed E-state index contributed by atoms with van der Waals surface area (Å²) in [5.74, 6) is -1.60. The Morgan fingerprint density at radius 1 is 1.41 bits per heavy atom. The molecule has 1 aliphatic rings. The molecule has 2 nitrogen and oxygen atoms in total. The molecule has 0 spiro atoms. The van der Waals surface area contributed by atoms with E-state index in [1.54, 1.807) is 0 Å². The van der Waals surface area contributed by atoms with Crippen LogP contribution in [0.25, 0.3) is 0 Å². The van der Waals surface area contributed by atoms with Crippen molar-refractivity contribution in [2.45, 2.75) is 24.0 Å². The monoisotopic (exact) mass is 258 g/mol. The Balaban J connectivity index is 2.33. The molecule has 1 aromatic carbocycles. The molecule has 1 unspecified atom stereocenters. The molecule has 1 saturated heterocycles. The Morgan fingerprint density at radius 2 is 2.06 bits per heavy atom. The van der Waals surface area contributed by atoms with Crippen molar-refractivity contribution in [3.8, 4) is 0 Å². The lowest BCUT2D eigenvalue weighted by molar-refractivity contribution is -0.139. The number of rotatable bonds is 3. The van der Waals surface area contributed by atoms with Crippen molar-refractivity contribution in [3.63, 3.8) is 0 Å². The van der Waals surface area contributed by atoms with Crippen LogP contribution in [0, 0.1) is 11.6 Å². The molecule has 1 aromatic rings. The summed E-state index contributed by atoms with van der Waals surface area (Å²) in [4.78, 5) is 11.3. The molecule has 0 amide bonds. The summed E-state index contributed by atoms with van der Waals surface area (Å²) in [6.45, 7) is 0. The van der Waals surface area contributed by atoms with Gasteiger partial charge in [-0.15, -0.1) is 11.8 Å². The molecule has 2 rings (SSSR count). The van der Waals surface area contributed by atoms with Crippen molar-refractivity contribution >= 4 is 17.7 Å². The lowest BCUT2D eigenvalue weighted by Crippen LogP contribution is -2.35. The largest absolute Gasteiger partial charge is 0.480 e. The lowest BCUT2D eigenvalue weighted by Gasteiger charge is -2.23. The first-order chi connectivity index (χ1) is 8.05. The zero-order chi connectivity index (χ0) is 12.5.